The van der Waals surface area contributed by atoms with E-state index in [1.165, 1.54) is 38.5 Å². The first-order valence-electron chi connectivity index (χ1n) is 8.69. The number of rotatable bonds is 5. The molecule has 23 heavy (non-hydrogen) atoms. The van der Waals surface area contributed by atoms with Crippen LogP contribution < -0.4 is 9.84 Å². The molecule has 5 rings (SSSR count). The first kappa shape index (κ1) is 14.8. The Kier molecular flexibility index (Phi) is 3.47. The third-order valence-electron chi connectivity index (χ3n) is 6.18. The largest absolute Gasteiger partial charge is 0.545 e. The Bertz CT molecular complexity index is 611. The average molecular weight is 311 g/mol. The van der Waals surface area contributed by atoms with Crippen LogP contribution in [0.1, 0.15) is 54.4 Å². The Morgan fingerprint density at radius 2 is 1.83 bits per heavy atom. The fraction of sp³-hybridized carbons (Fsp3) is 0.550. The lowest BCUT2D eigenvalue weighted by Gasteiger charge is -2.57. The van der Waals surface area contributed by atoms with Gasteiger partial charge in [-0.2, -0.15) is 0 Å². The summed E-state index contributed by atoms with van der Waals surface area (Å²) < 4.78 is 5.88. The van der Waals surface area contributed by atoms with Gasteiger partial charge in [0.25, 0.3) is 0 Å². The standard InChI is InChI=1S/C20H24O3/c1-2-5-23-18-4-3-16(19(21)22)9-17(18)20-10-13-6-14(11-20)8-15(7-13)12-20/h2-4,9,13-15H,1,5-8,10-12H2,(H,21,22)/p-1. The molecule has 0 aromatic heterocycles. The minimum Gasteiger partial charge on any atom is -0.545 e. The van der Waals surface area contributed by atoms with Crippen LogP contribution in [0.2, 0.25) is 0 Å². The number of hydrogen-bond donors (Lipinski definition) is 0. The van der Waals surface area contributed by atoms with Crippen LogP contribution in [0.25, 0.3) is 0 Å². The van der Waals surface area contributed by atoms with Crippen LogP contribution in [0.3, 0.4) is 0 Å². The highest BCUT2D eigenvalue weighted by Gasteiger charge is 2.52. The fourth-order valence-electron chi connectivity index (χ4n) is 5.79. The predicted molar refractivity (Wildman–Crippen MR) is 86.3 cm³/mol. The van der Waals surface area contributed by atoms with Gasteiger partial charge in [-0.25, -0.2) is 0 Å². The molecule has 0 aliphatic heterocycles. The SMILES string of the molecule is C=CCOc1ccc(C(=O)[O-])cc1C12CC3CC(CC(C3)C1)C2. The molecule has 3 heteroatoms. The fourth-order valence-corrected chi connectivity index (χ4v) is 5.79. The molecule has 1 aromatic rings. The molecule has 0 amide bonds. The van der Waals surface area contributed by atoms with Gasteiger partial charge >= 0.3 is 0 Å². The Morgan fingerprint density at radius 1 is 1.22 bits per heavy atom. The second-order valence-electron chi connectivity index (χ2n) is 7.80. The van der Waals surface area contributed by atoms with Gasteiger partial charge < -0.3 is 14.6 Å². The van der Waals surface area contributed by atoms with Gasteiger partial charge in [0, 0.05) is 5.56 Å². The van der Waals surface area contributed by atoms with Crippen LogP contribution in [0.15, 0.2) is 30.9 Å². The van der Waals surface area contributed by atoms with Crippen LogP contribution in [-0.2, 0) is 5.41 Å². The lowest BCUT2D eigenvalue weighted by atomic mass is 9.48. The van der Waals surface area contributed by atoms with E-state index in [0.717, 1.165) is 29.1 Å². The number of ether oxygens (including phenoxy) is 1. The van der Waals surface area contributed by atoms with Crippen molar-refractivity contribution in [3.05, 3.63) is 42.0 Å². The summed E-state index contributed by atoms with van der Waals surface area (Å²) in [6, 6.07) is 5.22. The maximum absolute atomic E-state index is 11.3. The number of aromatic carboxylic acids is 1. The number of hydrogen-bond acceptors (Lipinski definition) is 3. The summed E-state index contributed by atoms with van der Waals surface area (Å²) in [4.78, 5) is 11.3. The summed E-state index contributed by atoms with van der Waals surface area (Å²) in [6.07, 6.45) is 9.36. The molecule has 4 bridgehead atoms. The quantitative estimate of drug-likeness (QED) is 0.785. The zero-order valence-electron chi connectivity index (χ0n) is 13.4. The summed E-state index contributed by atoms with van der Waals surface area (Å²) >= 11 is 0. The maximum atomic E-state index is 11.3. The number of carbonyl (C=O) groups excluding carboxylic acids is 1. The lowest BCUT2D eigenvalue weighted by Crippen LogP contribution is -2.48. The molecule has 0 unspecified atom stereocenters. The molecule has 0 radical (unpaired) electrons. The van der Waals surface area contributed by atoms with Crippen molar-refractivity contribution in [1.82, 2.24) is 0 Å². The van der Waals surface area contributed by atoms with Crippen molar-refractivity contribution in [2.45, 2.75) is 43.9 Å². The van der Waals surface area contributed by atoms with Crippen molar-refractivity contribution in [3.63, 3.8) is 0 Å². The Balaban J connectivity index is 1.77. The predicted octanol–water partition coefficient (Wildman–Crippen LogP) is 3.08. The monoisotopic (exact) mass is 311 g/mol. The smallest absolute Gasteiger partial charge is 0.123 e. The number of benzene rings is 1. The minimum absolute atomic E-state index is 0.108. The second kappa shape index (κ2) is 5.40. The summed E-state index contributed by atoms with van der Waals surface area (Å²) in [5, 5.41) is 11.3. The minimum atomic E-state index is -1.11. The molecular weight excluding hydrogens is 288 g/mol. The van der Waals surface area contributed by atoms with E-state index in [4.69, 9.17) is 4.74 Å². The highest BCUT2D eigenvalue weighted by molar-refractivity contribution is 5.86. The van der Waals surface area contributed by atoms with Gasteiger partial charge in [0.05, 0.1) is 5.97 Å². The molecule has 4 saturated carbocycles. The average Bonchev–Trinajstić information content (AvgIpc) is 2.51. The first-order valence-corrected chi connectivity index (χ1v) is 8.69. The van der Waals surface area contributed by atoms with Crippen LogP contribution in [0.4, 0.5) is 0 Å². The second-order valence-corrected chi connectivity index (χ2v) is 7.80. The summed E-state index contributed by atoms with van der Waals surface area (Å²) in [5.74, 6) is 2.14. The van der Waals surface area contributed by atoms with Crippen LogP contribution in [0.5, 0.6) is 5.75 Å². The van der Waals surface area contributed by atoms with E-state index in [0.29, 0.717) is 6.61 Å². The molecule has 4 aliphatic rings. The molecule has 0 heterocycles. The lowest BCUT2D eigenvalue weighted by molar-refractivity contribution is -0.255. The summed E-state index contributed by atoms with van der Waals surface area (Å²) in [5.41, 5.74) is 1.47. The number of carboxylic acids is 1. The maximum Gasteiger partial charge on any atom is 0.123 e. The van der Waals surface area contributed by atoms with Crippen molar-refractivity contribution in [1.29, 1.82) is 0 Å². The molecule has 122 valence electrons. The molecule has 4 fully saturated rings. The third kappa shape index (κ3) is 2.46. The van der Waals surface area contributed by atoms with Crippen LogP contribution >= 0.6 is 0 Å². The van der Waals surface area contributed by atoms with Crippen LogP contribution in [-0.4, -0.2) is 12.6 Å². The van der Waals surface area contributed by atoms with Crippen molar-refractivity contribution >= 4 is 5.97 Å². The van der Waals surface area contributed by atoms with Gasteiger partial charge in [0.1, 0.15) is 12.4 Å². The van der Waals surface area contributed by atoms with Crippen LogP contribution in [0, 0.1) is 17.8 Å². The summed E-state index contributed by atoms with van der Waals surface area (Å²) in [6.45, 7) is 4.16. The van der Waals surface area contributed by atoms with Crippen molar-refractivity contribution < 1.29 is 14.6 Å². The van der Waals surface area contributed by atoms with E-state index in [1.807, 2.05) is 12.1 Å². The Morgan fingerprint density at radius 3 is 2.35 bits per heavy atom. The van der Waals surface area contributed by atoms with E-state index < -0.39 is 5.97 Å². The van der Waals surface area contributed by atoms with Gasteiger partial charge in [0.2, 0.25) is 0 Å². The van der Waals surface area contributed by atoms with Gasteiger partial charge in [-0.3, -0.25) is 0 Å². The van der Waals surface area contributed by atoms with E-state index in [2.05, 4.69) is 6.58 Å². The molecule has 0 saturated heterocycles. The molecule has 4 aliphatic carbocycles. The number of carboxylic acid groups (broad SMARTS) is 1. The molecule has 3 nitrogen and oxygen atoms in total. The van der Waals surface area contributed by atoms with E-state index in [-0.39, 0.29) is 11.0 Å². The van der Waals surface area contributed by atoms with Crippen molar-refractivity contribution in [2.75, 3.05) is 6.61 Å². The molecule has 0 spiro atoms. The third-order valence-corrected chi connectivity index (χ3v) is 6.18. The molecule has 0 atom stereocenters. The summed E-state index contributed by atoms with van der Waals surface area (Å²) in [7, 11) is 0. The van der Waals surface area contributed by atoms with Gasteiger partial charge in [-0.15, -0.1) is 0 Å². The van der Waals surface area contributed by atoms with Crippen molar-refractivity contribution in [3.8, 4) is 5.75 Å². The van der Waals surface area contributed by atoms with Gasteiger partial charge in [0.15, 0.2) is 0 Å². The molecule has 0 N–H and O–H groups in total. The molecule has 1 aromatic carbocycles. The first-order chi connectivity index (χ1) is 11.1. The number of carbonyl (C=O) groups is 1. The van der Waals surface area contributed by atoms with E-state index in [1.54, 1.807) is 12.1 Å². The zero-order chi connectivity index (χ0) is 16.0. The van der Waals surface area contributed by atoms with Gasteiger partial charge in [-0.1, -0.05) is 12.7 Å². The van der Waals surface area contributed by atoms with Crippen molar-refractivity contribution in [2.24, 2.45) is 17.8 Å². The van der Waals surface area contributed by atoms with E-state index >= 15 is 0 Å². The highest BCUT2D eigenvalue weighted by Crippen LogP contribution is 2.61. The normalized spacial score (nSPS) is 34.3. The highest BCUT2D eigenvalue weighted by atomic mass is 16.5. The van der Waals surface area contributed by atoms with Gasteiger partial charge in [-0.05, 0) is 85.5 Å². The van der Waals surface area contributed by atoms with E-state index in [9.17, 15) is 9.90 Å². The zero-order valence-corrected chi connectivity index (χ0v) is 13.4. The Labute approximate surface area is 137 Å². The Hall–Kier alpha value is -1.77. The molecular formula is C20H23O3-. The topological polar surface area (TPSA) is 49.4 Å².